The van der Waals surface area contributed by atoms with Crippen molar-refractivity contribution in [3.05, 3.63) is 42.2 Å². The Bertz CT molecular complexity index is 1720. The van der Waals surface area contributed by atoms with E-state index in [1.54, 1.807) is 0 Å². The Hall–Kier alpha value is -3.38. The molecule has 1 unspecified atom stereocenters. The van der Waals surface area contributed by atoms with Crippen molar-refractivity contribution in [2.45, 2.75) is 96.9 Å². The number of fused-ring (bicyclic) bond motifs is 9. The molecule has 4 heterocycles. The van der Waals surface area contributed by atoms with E-state index in [0.717, 1.165) is 92.5 Å². The highest BCUT2D eigenvalue weighted by molar-refractivity contribution is 6.21. The number of furan rings is 4. The molecule has 2 aromatic carbocycles. The lowest BCUT2D eigenvalue weighted by Gasteiger charge is -2.07. The van der Waals surface area contributed by atoms with Gasteiger partial charge in [-0.3, -0.25) is 0 Å². The summed E-state index contributed by atoms with van der Waals surface area (Å²) < 4.78 is 25.2. The molecule has 0 radical (unpaired) electrons. The summed E-state index contributed by atoms with van der Waals surface area (Å²) in [6.45, 7) is 5.39. The highest BCUT2D eigenvalue weighted by Crippen LogP contribution is 2.43. The summed E-state index contributed by atoms with van der Waals surface area (Å²) >= 11 is 0. The third-order valence-corrected chi connectivity index (χ3v) is 8.24. The van der Waals surface area contributed by atoms with E-state index in [-0.39, 0.29) is 6.04 Å². The van der Waals surface area contributed by atoms with Gasteiger partial charge in [0.05, 0.1) is 27.6 Å². The number of anilines is 1. The summed E-state index contributed by atoms with van der Waals surface area (Å²) in [5, 5.41) is 7.24. The van der Waals surface area contributed by atoms with Crippen LogP contribution >= 0.6 is 0 Å². The van der Waals surface area contributed by atoms with Crippen LogP contribution in [0.25, 0.3) is 55.0 Å². The third-order valence-electron chi connectivity index (χ3n) is 8.24. The Balaban J connectivity index is 1.23. The van der Waals surface area contributed by atoms with Crippen molar-refractivity contribution in [2.24, 2.45) is 5.73 Å². The quantitative estimate of drug-likeness (QED) is 0.125. The molecule has 0 aliphatic rings. The fourth-order valence-corrected chi connectivity index (χ4v) is 5.92. The lowest BCUT2D eigenvalue weighted by atomic mass is 10.0. The van der Waals surface area contributed by atoms with E-state index in [1.807, 2.05) is 30.3 Å². The topological polar surface area (TPSA) is 90.6 Å². The predicted octanol–water partition coefficient (Wildman–Crippen LogP) is 11.0. The number of nitrogens with two attached hydrogens (primary N) is 1. The Labute approximate surface area is 235 Å². The number of hydrogen-bond donors (Lipinski definition) is 2. The van der Waals surface area contributed by atoms with Gasteiger partial charge in [0.15, 0.2) is 17.1 Å². The highest BCUT2D eigenvalue weighted by atomic mass is 16.4. The predicted molar refractivity (Wildman–Crippen MR) is 165 cm³/mol. The zero-order chi connectivity index (χ0) is 27.5. The van der Waals surface area contributed by atoms with E-state index < -0.39 is 0 Å². The first kappa shape index (κ1) is 26.8. The van der Waals surface area contributed by atoms with Crippen LogP contribution in [0.2, 0.25) is 0 Å². The molecule has 0 spiro atoms. The van der Waals surface area contributed by atoms with Gasteiger partial charge >= 0.3 is 0 Å². The van der Waals surface area contributed by atoms with Crippen LogP contribution in [-0.2, 0) is 0 Å². The van der Waals surface area contributed by atoms with Crippen molar-refractivity contribution in [2.75, 3.05) is 11.9 Å². The zero-order valence-electron chi connectivity index (χ0n) is 23.9. The molecule has 0 aliphatic heterocycles. The Kier molecular flexibility index (Phi) is 8.05. The van der Waals surface area contributed by atoms with Gasteiger partial charge in [-0.05, 0) is 43.2 Å². The van der Waals surface area contributed by atoms with Gasteiger partial charge in [0.25, 0.3) is 0 Å². The Morgan fingerprint density at radius 2 is 1.18 bits per heavy atom. The minimum absolute atomic E-state index is 0.110. The molecule has 6 aromatic rings. The second kappa shape index (κ2) is 12.0. The second-order valence-electron chi connectivity index (χ2n) is 11.3. The number of nitrogens with one attached hydrogen (secondary N) is 1. The van der Waals surface area contributed by atoms with Gasteiger partial charge in [0.1, 0.15) is 28.1 Å². The standard InChI is InChI=1S/C34H42N2O4/c1-3-5-7-9-11-13-19-36-30-21-25-28(38-30)18-16-23-32(25)40-33-22-15-17-27-24(31(22)39-34(23)33)20-29(37-27)26(35)14-12-10-8-6-4-2/h15-18,20-21,26,36H,3-14,19,35H2,1-2H3. The molecule has 0 bridgehead atoms. The molecule has 4 aromatic heterocycles. The zero-order valence-corrected chi connectivity index (χ0v) is 23.9. The van der Waals surface area contributed by atoms with Crippen LogP contribution in [0.1, 0.15) is 103 Å². The van der Waals surface area contributed by atoms with Crippen LogP contribution in [0.5, 0.6) is 0 Å². The van der Waals surface area contributed by atoms with E-state index >= 15 is 0 Å². The van der Waals surface area contributed by atoms with E-state index in [9.17, 15) is 0 Å². The van der Waals surface area contributed by atoms with Gasteiger partial charge < -0.3 is 28.7 Å². The number of unbranched alkanes of at least 4 members (excludes halogenated alkanes) is 9. The molecule has 0 fully saturated rings. The SMILES string of the molecule is CCCCCCCCNc1cc2c(ccc3c2oc2c4ccc5oc(C(N)CCCCCCC)cc5c4oc32)o1. The summed E-state index contributed by atoms with van der Waals surface area (Å²) in [7, 11) is 0. The number of hydrogen-bond acceptors (Lipinski definition) is 6. The average molecular weight is 543 g/mol. The largest absolute Gasteiger partial charge is 0.459 e. The third kappa shape index (κ3) is 5.22. The van der Waals surface area contributed by atoms with E-state index in [2.05, 4.69) is 25.2 Å². The molecule has 6 heteroatoms. The molecule has 0 aliphatic carbocycles. The first-order chi connectivity index (χ1) is 19.7. The number of rotatable bonds is 15. The minimum Gasteiger partial charge on any atom is -0.459 e. The minimum atomic E-state index is -0.110. The van der Waals surface area contributed by atoms with Crippen LogP contribution in [0, 0.1) is 0 Å². The molecule has 3 N–H and O–H groups in total. The normalized spacial score (nSPS) is 13.1. The van der Waals surface area contributed by atoms with Gasteiger partial charge in [0.2, 0.25) is 0 Å². The molecular weight excluding hydrogens is 500 g/mol. The average Bonchev–Trinajstić information content (AvgIpc) is 3.72. The van der Waals surface area contributed by atoms with E-state index in [0.29, 0.717) is 0 Å². The Morgan fingerprint density at radius 3 is 1.85 bits per heavy atom. The van der Waals surface area contributed by atoms with Crippen molar-refractivity contribution < 1.29 is 17.7 Å². The van der Waals surface area contributed by atoms with Crippen LogP contribution in [0.4, 0.5) is 5.88 Å². The lowest BCUT2D eigenvalue weighted by Crippen LogP contribution is -2.08. The van der Waals surface area contributed by atoms with Crippen molar-refractivity contribution in [3.63, 3.8) is 0 Å². The maximum Gasteiger partial charge on any atom is 0.194 e. The molecule has 0 amide bonds. The molecule has 0 saturated heterocycles. The Morgan fingerprint density at radius 1 is 0.600 bits per heavy atom. The second-order valence-corrected chi connectivity index (χ2v) is 11.3. The molecule has 212 valence electrons. The molecule has 6 rings (SSSR count). The highest BCUT2D eigenvalue weighted by Gasteiger charge is 2.22. The van der Waals surface area contributed by atoms with Gasteiger partial charge in [-0.2, -0.15) is 0 Å². The molecule has 40 heavy (non-hydrogen) atoms. The monoisotopic (exact) mass is 542 g/mol. The first-order valence-electron chi connectivity index (χ1n) is 15.4. The van der Waals surface area contributed by atoms with E-state index in [4.69, 9.17) is 23.4 Å². The molecule has 6 nitrogen and oxygen atoms in total. The van der Waals surface area contributed by atoms with Crippen molar-refractivity contribution in [1.29, 1.82) is 0 Å². The maximum absolute atomic E-state index is 6.51. The fraction of sp³-hybridized carbons (Fsp3) is 0.471. The van der Waals surface area contributed by atoms with Crippen molar-refractivity contribution in [1.82, 2.24) is 0 Å². The molecule has 1 atom stereocenters. The molecule has 0 saturated carbocycles. The van der Waals surface area contributed by atoms with Gasteiger partial charge in [-0.15, -0.1) is 0 Å². The number of benzene rings is 2. The van der Waals surface area contributed by atoms with Gasteiger partial charge in [0, 0.05) is 12.6 Å². The van der Waals surface area contributed by atoms with Crippen LogP contribution in [0.15, 0.2) is 54.1 Å². The van der Waals surface area contributed by atoms with Crippen LogP contribution < -0.4 is 11.1 Å². The summed E-state index contributed by atoms with van der Waals surface area (Å²) in [6.07, 6.45) is 14.7. The fourth-order valence-electron chi connectivity index (χ4n) is 5.92. The summed E-state index contributed by atoms with van der Waals surface area (Å²) in [6, 6.07) is 12.0. The first-order valence-corrected chi connectivity index (χ1v) is 15.4. The smallest absolute Gasteiger partial charge is 0.194 e. The van der Waals surface area contributed by atoms with Crippen LogP contribution in [-0.4, -0.2) is 6.54 Å². The van der Waals surface area contributed by atoms with Gasteiger partial charge in [-0.25, -0.2) is 0 Å². The summed E-state index contributed by atoms with van der Waals surface area (Å²) in [5.41, 5.74) is 11.2. The lowest BCUT2D eigenvalue weighted by molar-refractivity contribution is 0.460. The van der Waals surface area contributed by atoms with Crippen molar-refractivity contribution >= 4 is 60.9 Å². The summed E-state index contributed by atoms with van der Waals surface area (Å²) in [5.74, 6) is 1.60. The molecular formula is C34H42N2O4. The van der Waals surface area contributed by atoms with Gasteiger partial charge in [-0.1, -0.05) is 78.1 Å². The summed E-state index contributed by atoms with van der Waals surface area (Å²) in [4.78, 5) is 0. The van der Waals surface area contributed by atoms with Crippen molar-refractivity contribution in [3.8, 4) is 0 Å². The van der Waals surface area contributed by atoms with E-state index in [1.165, 1.54) is 57.8 Å². The van der Waals surface area contributed by atoms with Crippen LogP contribution in [0.3, 0.4) is 0 Å². The maximum atomic E-state index is 6.51.